The van der Waals surface area contributed by atoms with Crippen LogP contribution in [-0.2, 0) is 4.43 Å². The first-order valence-corrected chi connectivity index (χ1v) is 17.8. The highest BCUT2D eigenvalue weighted by molar-refractivity contribution is 7.68. The van der Waals surface area contributed by atoms with Gasteiger partial charge in [-0.3, -0.25) is 0 Å². The minimum absolute atomic E-state index is 0.205. The van der Waals surface area contributed by atoms with Crippen LogP contribution in [0, 0.1) is 0 Å². The topological polar surface area (TPSA) is 9.23 Å². The first-order valence-electron chi connectivity index (χ1n) is 7.30. The SMILES string of the molecule is CCC1(C)C[Si](C)(CC)[Si](C)(C)[Si](C)(CC)O1. The normalized spacial score (nSPS) is 45.9. The van der Waals surface area contributed by atoms with Gasteiger partial charge in [-0.05, 0) is 32.0 Å². The van der Waals surface area contributed by atoms with Crippen molar-refractivity contribution in [1.29, 1.82) is 0 Å². The molecule has 0 aromatic rings. The van der Waals surface area contributed by atoms with Crippen LogP contribution in [-0.4, -0.2) is 28.1 Å². The average Bonchev–Trinajstić information content (AvgIpc) is 2.26. The Morgan fingerprint density at radius 3 is 1.88 bits per heavy atom. The molecule has 1 saturated heterocycles. The van der Waals surface area contributed by atoms with Crippen LogP contribution in [0.2, 0.25) is 44.3 Å². The molecule has 4 heteroatoms. The van der Waals surface area contributed by atoms with Crippen molar-refractivity contribution >= 4 is 22.5 Å². The lowest BCUT2D eigenvalue weighted by Gasteiger charge is -2.60. The summed E-state index contributed by atoms with van der Waals surface area (Å²) < 4.78 is 6.81. The summed E-state index contributed by atoms with van der Waals surface area (Å²) in [6, 6.07) is 4.20. The van der Waals surface area contributed by atoms with E-state index in [1.165, 1.54) is 24.6 Å². The van der Waals surface area contributed by atoms with Crippen molar-refractivity contribution in [2.24, 2.45) is 0 Å². The van der Waals surface area contributed by atoms with Crippen molar-refractivity contribution in [1.82, 2.24) is 0 Å². The summed E-state index contributed by atoms with van der Waals surface area (Å²) in [5.74, 6) is 0. The Labute approximate surface area is 111 Å². The van der Waals surface area contributed by atoms with E-state index >= 15 is 0 Å². The van der Waals surface area contributed by atoms with Crippen molar-refractivity contribution in [3.05, 3.63) is 0 Å². The molecule has 0 N–H and O–H groups in total. The molecule has 17 heavy (non-hydrogen) atoms. The fourth-order valence-corrected chi connectivity index (χ4v) is 40.2. The summed E-state index contributed by atoms with van der Waals surface area (Å²) >= 11 is 0. The minimum Gasteiger partial charge on any atom is -0.415 e. The van der Waals surface area contributed by atoms with E-state index in [-0.39, 0.29) is 5.60 Å². The van der Waals surface area contributed by atoms with Crippen molar-refractivity contribution in [3.63, 3.8) is 0 Å². The molecule has 1 aliphatic rings. The molecule has 1 heterocycles. The Kier molecular flexibility index (Phi) is 4.25. The van der Waals surface area contributed by atoms with Crippen molar-refractivity contribution in [3.8, 4) is 0 Å². The Bertz CT molecular complexity index is 270. The van der Waals surface area contributed by atoms with E-state index in [0.717, 1.165) is 0 Å². The standard InChI is InChI=1S/C13H32OSi3/c1-9-13(4)12-16(7,10-2)15(5,6)17(8,11-3)14-13/h9-12H2,1-8H3. The highest BCUT2D eigenvalue weighted by Crippen LogP contribution is 2.47. The smallest absolute Gasteiger partial charge is 0.174 e. The Morgan fingerprint density at radius 2 is 1.53 bits per heavy atom. The predicted molar refractivity (Wildman–Crippen MR) is 86.3 cm³/mol. The Hall–Kier alpha value is 0.611. The molecule has 1 nitrogen and oxygen atoms in total. The van der Waals surface area contributed by atoms with Gasteiger partial charge in [-0.1, -0.05) is 46.5 Å². The van der Waals surface area contributed by atoms with E-state index < -0.39 is 22.5 Å². The van der Waals surface area contributed by atoms with E-state index in [2.05, 4.69) is 53.9 Å². The summed E-state index contributed by atoms with van der Waals surface area (Å²) in [5, 5.41) is 0. The lowest BCUT2D eigenvalue weighted by molar-refractivity contribution is 0.0947. The molecule has 0 amide bonds. The van der Waals surface area contributed by atoms with E-state index in [9.17, 15) is 0 Å². The van der Waals surface area contributed by atoms with Gasteiger partial charge >= 0.3 is 0 Å². The van der Waals surface area contributed by atoms with Crippen LogP contribution < -0.4 is 0 Å². The second-order valence-corrected chi connectivity index (χ2v) is 33.8. The molecule has 0 bridgehead atoms. The zero-order valence-electron chi connectivity index (χ0n) is 13.2. The predicted octanol–water partition coefficient (Wildman–Crippen LogP) is 4.74. The molecule has 1 aliphatic heterocycles. The molecular weight excluding hydrogens is 256 g/mol. The van der Waals surface area contributed by atoms with Gasteiger partial charge in [-0.15, -0.1) is 0 Å². The fraction of sp³-hybridized carbons (Fsp3) is 1.00. The highest BCUT2D eigenvalue weighted by Gasteiger charge is 2.63. The van der Waals surface area contributed by atoms with E-state index in [1.807, 2.05) is 0 Å². The quantitative estimate of drug-likeness (QED) is 0.681. The zero-order valence-corrected chi connectivity index (χ0v) is 16.2. The summed E-state index contributed by atoms with van der Waals surface area (Å²) in [5.41, 5.74) is 0.205. The van der Waals surface area contributed by atoms with Gasteiger partial charge in [0, 0.05) is 7.59 Å². The third kappa shape index (κ3) is 2.26. The number of hydrogen-bond acceptors (Lipinski definition) is 1. The van der Waals surface area contributed by atoms with Crippen LogP contribution in [0.15, 0.2) is 0 Å². The minimum atomic E-state index is -1.45. The maximum absolute atomic E-state index is 6.81. The van der Waals surface area contributed by atoms with Crippen LogP contribution >= 0.6 is 0 Å². The lowest BCUT2D eigenvalue weighted by Crippen LogP contribution is -2.79. The first kappa shape index (κ1) is 15.7. The molecule has 0 aromatic carbocycles. The van der Waals surface area contributed by atoms with Crippen LogP contribution in [0.3, 0.4) is 0 Å². The summed E-state index contributed by atoms with van der Waals surface area (Å²) in [4.78, 5) is 0. The molecule has 3 atom stereocenters. The van der Waals surface area contributed by atoms with Gasteiger partial charge in [0.05, 0.1) is 12.7 Å². The second kappa shape index (κ2) is 4.62. The van der Waals surface area contributed by atoms with Gasteiger partial charge < -0.3 is 4.43 Å². The van der Waals surface area contributed by atoms with Gasteiger partial charge in [-0.2, -0.15) is 0 Å². The van der Waals surface area contributed by atoms with Gasteiger partial charge in [-0.25, -0.2) is 0 Å². The largest absolute Gasteiger partial charge is 0.415 e. The molecule has 0 aromatic heterocycles. The molecule has 0 radical (unpaired) electrons. The van der Waals surface area contributed by atoms with Crippen LogP contribution in [0.1, 0.15) is 34.1 Å². The second-order valence-electron chi connectivity index (χ2n) is 7.21. The first-order chi connectivity index (χ1) is 7.60. The average molecular weight is 289 g/mol. The molecule has 1 rings (SSSR count). The summed E-state index contributed by atoms with van der Waals surface area (Å²) in [7, 11) is -3.67. The molecule has 0 spiro atoms. The molecular formula is C13H32OSi3. The van der Waals surface area contributed by atoms with Crippen LogP contribution in [0.4, 0.5) is 0 Å². The van der Waals surface area contributed by atoms with Crippen molar-refractivity contribution in [2.75, 3.05) is 0 Å². The third-order valence-electron chi connectivity index (χ3n) is 6.27. The molecule has 0 saturated carbocycles. The van der Waals surface area contributed by atoms with E-state index in [4.69, 9.17) is 4.43 Å². The Balaban J connectivity index is 3.25. The summed E-state index contributed by atoms with van der Waals surface area (Å²) in [6.45, 7) is 20.1. The van der Waals surface area contributed by atoms with Gasteiger partial charge in [0.2, 0.25) is 0 Å². The van der Waals surface area contributed by atoms with E-state index in [1.54, 1.807) is 0 Å². The molecule has 0 aliphatic carbocycles. The van der Waals surface area contributed by atoms with Gasteiger partial charge in [0.25, 0.3) is 0 Å². The molecule has 102 valence electrons. The third-order valence-corrected chi connectivity index (χ3v) is 47.4. The molecule has 1 fully saturated rings. The lowest BCUT2D eigenvalue weighted by atomic mass is 10.1. The zero-order chi connectivity index (χ0) is 13.5. The number of hydrogen-bond donors (Lipinski definition) is 0. The van der Waals surface area contributed by atoms with Crippen molar-refractivity contribution < 1.29 is 4.43 Å². The molecule has 3 unspecified atom stereocenters. The van der Waals surface area contributed by atoms with Gasteiger partial charge in [0.1, 0.15) is 0 Å². The van der Waals surface area contributed by atoms with E-state index in [0.29, 0.717) is 0 Å². The Morgan fingerprint density at radius 1 is 1.00 bits per heavy atom. The monoisotopic (exact) mass is 288 g/mol. The van der Waals surface area contributed by atoms with Crippen LogP contribution in [0.5, 0.6) is 0 Å². The van der Waals surface area contributed by atoms with Crippen LogP contribution in [0.25, 0.3) is 0 Å². The summed E-state index contributed by atoms with van der Waals surface area (Å²) in [6.07, 6.45) is 1.20. The maximum atomic E-state index is 6.81. The fourth-order valence-electron chi connectivity index (χ4n) is 3.67. The van der Waals surface area contributed by atoms with Crippen molar-refractivity contribution in [2.45, 2.75) is 84.0 Å². The number of rotatable bonds is 3. The highest BCUT2D eigenvalue weighted by atomic mass is 29.6. The van der Waals surface area contributed by atoms with Gasteiger partial charge in [0.15, 0.2) is 7.83 Å². The maximum Gasteiger partial charge on any atom is 0.174 e.